The molecule has 2 heteroatoms. The van der Waals surface area contributed by atoms with Crippen molar-refractivity contribution < 1.29 is 0 Å². The van der Waals surface area contributed by atoms with E-state index >= 15 is 0 Å². The lowest BCUT2D eigenvalue weighted by atomic mass is 10.2. The van der Waals surface area contributed by atoms with Crippen molar-refractivity contribution in [2.75, 3.05) is 18.0 Å². The maximum absolute atomic E-state index is 5.77. The van der Waals surface area contributed by atoms with Crippen LogP contribution in [0.4, 0.5) is 5.69 Å². The summed E-state index contributed by atoms with van der Waals surface area (Å²) >= 11 is 5.77. The van der Waals surface area contributed by atoms with Gasteiger partial charge in [0.2, 0.25) is 0 Å². The Labute approximate surface area is 85.3 Å². The molecule has 0 spiro atoms. The molecule has 1 rings (SSSR count). The Hall–Kier alpha value is -0.690. The van der Waals surface area contributed by atoms with Crippen LogP contribution in [0.15, 0.2) is 24.3 Å². The van der Waals surface area contributed by atoms with Crippen LogP contribution in [-0.4, -0.2) is 13.1 Å². The molecule has 72 valence electrons. The predicted octanol–water partition coefficient (Wildman–Crippen LogP) is 3.27. The van der Waals surface area contributed by atoms with E-state index in [1.165, 1.54) is 11.3 Å². The zero-order valence-corrected chi connectivity index (χ0v) is 9.01. The average Bonchev–Trinajstić information content (AvgIpc) is 2.20. The van der Waals surface area contributed by atoms with Gasteiger partial charge in [0.1, 0.15) is 0 Å². The molecule has 0 aromatic heterocycles. The monoisotopic (exact) mass is 197 g/mol. The fourth-order valence-corrected chi connectivity index (χ4v) is 1.59. The minimum Gasteiger partial charge on any atom is -0.372 e. The molecule has 1 aromatic carbocycles. The Morgan fingerprint density at radius 3 is 2.46 bits per heavy atom. The highest BCUT2D eigenvalue weighted by Crippen LogP contribution is 2.16. The number of hydrogen-bond acceptors (Lipinski definition) is 1. The summed E-state index contributed by atoms with van der Waals surface area (Å²) in [5.41, 5.74) is 2.45. The zero-order valence-electron chi connectivity index (χ0n) is 8.26. The molecule has 1 nitrogen and oxygen atoms in total. The molecule has 0 heterocycles. The van der Waals surface area contributed by atoms with Crippen LogP contribution in [0, 0.1) is 0 Å². The first kappa shape index (κ1) is 10.4. The summed E-state index contributed by atoms with van der Waals surface area (Å²) < 4.78 is 0. The quantitative estimate of drug-likeness (QED) is 0.670. The van der Waals surface area contributed by atoms with Crippen LogP contribution >= 0.6 is 11.6 Å². The Balaban J connectivity index is 2.86. The molecular weight excluding hydrogens is 182 g/mol. The van der Waals surface area contributed by atoms with Crippen molar-refractivity contribution in [1.82, 2.24) is 0 Å². The maximum Gasteiger partial charge on any atom is 0.0474 e. The first-order chi connectivity index (χ1) is 6.31. The summed E-state index contributed by atoms with van der Waals surface area (Å²) in [4.78, 5) is 2.32. The minimum absolute atomic E-state index is 0.592. The largest absolute Gasteiger partial charge is 0.372 e. The van der Waals surface area contributed by atoms with Crippen LogP contribution in [0.25, 0.3) is 0 Å². The number of nitrogens with zero attached hydrogens (tertiary/aromatic N) is 1. The van der Waals surface area contributed by atoms with Crippen LogP contribution < -0.4 is 4.90 Å². The SMILES string of the molecule is CCN(CC)c1cccc(CCl)c1. The number of hydrogen-bond donors (Lipinski definition) is 0. The van der Waals surface area contributed by atoms with E-state index in [0.717, 1.165) is 13.1 Å². The van der Waals surface area contributed by atoms with Gasteiger partial charge in [-0.2, -0.15) is 0 Å². The van der Waals surface area contributed by atoms with Crippen molar-refractivity contribution >= 4 is 17.3 Å². The first-order valence-electron chi connectivity index (χ1n) is 4.71. The summed E-state index contributed by atoms with van der Waals surface area (Å²) in [7, 11) is 0. The molecule has 0 amide bonds. The lowest BCUT2D eigenvalue weighted by Gasteiger charge is -2.21. The van der Waals surface area contributed by atoms with Crippen LogP contribution in [0.1, 0.15) is 19.4 Å². The van der Waals surface area contributed by atoms with E-state index in [9.17, 15) is 0 Å². The molecule has 0 aliphatic carbocycles. The molecule has 0 aliphatic rings. The van der Waals surface area contributed by atoms with E-state index in [-0.39, 0.29) is 0 Å². The van der Waals surface area contributed by atoms with Gasteiger partial charge in [0.05, 0.1) is 0 Å². The Morgan fingerprint density at radius 2 is 1.92 bits per heavy atom. The van der Waals surface area contributed by atoms with Crippen LogP contribution in [-0.2, 0) is 5.88 Å². The van der Waals surface area contributed by atoms with E-state index in [0.29, 0.717) is 5.88 Å². The molecule has 0 saturated heterocycles. The molecule has 0 radical (unpaired) electrons. The van der Waals surface area contributed by atoms with Gasteiger partial charge in [0.25, 0.3) is 0 Å². The fourth-order valence-electron chi connectivity index (χ4n) is 1.43. The normalized spacial score (nSPS) is 10.1. The fraction of sp³-hybridized carbons (Fsp3) is 0.455. The number of benzene rings is 1. The molecule has 0 aliphatic heterocycles. The van der Waals surface area contributed by atoms with E-state index < -0.39 is 0 Å². The first-order valence-corrected chi connectivity index (χ1v) is 5.25. The van der Waals surface area contributed by atoms with Crippen molar-refractivity contribution in [2.24, 2.45) is 0 Å². The second-order valence-electron chi connectivity index (χ2n) is 2.98. The number of halogens is 1. The number of anilines is 1. The van der Waals surface area contributed by atoms with Crippen molar-refractivity contribution in [3.05, 3.63) is 29.8 Å². The summed E-state index contributed by atoms with van der Waals surface area (Å²) in [5.74, 6) is 0.592. The zero-order chi connectivity index (χ0) is 9.68. The topological polar surface area (TPSA) is 3.24 Å². The highest BCUT2D eigenvalue weighted by atomic mass is 35.5. The van der Waals surface area contributed by atoms with Gasteiger partial charge in [-0.1, -0.05) is 12.1 Å². The lowest BCUT2D eigenvalue weighted by Crippen LogP contribution is -2.21. The molecule has 0 atom stereocenters. The molecule has 0 saturated carbocycles. The lowest BCUT2D eigenvalue weighted by molar-refractivity contribution is 0.865. The second-order valence-corrected chi connectivity index (χ2v) is 3.24. The van der Waals surface area contributed by atoms with E-state index in [1.807, 2.05) is 0 Å². The van der Waals surface area contributed by atoms with Gasteiger partial charge >= 0.3 is 0 Å². The standard InChI is InChI=1S/C11H16ClN/c1-3-13(4-2)11-7-5-6-10(8-11)9-12/h5-8H,3-4,9H2,1-2H3. The molecule has 0 unspecified atom stereocenters. The molecule has 0 fully saturated rings. The van der Waals surface area contributed by atoms with Gasteiger partial charge in [-0.05, 0) is 31.5 Å². The van der Waals surface area contributed by atoms with Crippen molar-refractivity contribution in [3.63, 3.8) is 0 Å². The van der Waals surface area contributed by atoms with Crippen molar-refractivity contribution in [2.45, 2.75) is 19.7 Å². The number of rotatable bonds is 4. The molecule has 1 aromatic rings. The third-order valence-electron chi connectivity index (χ3n) is 2.19. The van der Waals surface area contributed by atoms with Gasteiger partial charge in [-0.3, -0.25) is 0 Å². The van der Waals surface area contributed by atoms with Crippen LogP contribution in [0.2, 0.25) is 0 Å². The second kappa shape index (κ2) is 5.13. The summed E-state index contributed by atoms with van der Waals surface area (Å²) in [6.45, 7) is 6.41. The Bertz CT molecular complexity index is 256. The predicted molar refractivity (Wildman–Crippen MR) is 59.6 cm³/mol. The molecule has 13 heavy (non-hydrogen) atoms. The smallest absolute Gasteiger partial charge is 0.0474 e. The van der Waals surface area contributed by atoms with Gasteiger partial charge in [0.15, 0.2) is 0 Å². The van der Waals surface area contributed by atoms with Gasteiger partial charge in [0, 0.05) is 24.7 Å². The highest BCUT2D eigenvalue weighted by molar-refractivity contribution is 6.17. The van der Waals surface area contributed by atoms with Gasteiger partial charge in [-0.25, -0.2) is 0 Å². The van der Waals surface area contributed by atoms with Gasteiger partial charge in [-0.15, -0.1) is 11.6 Å². The summed E-state index contributed by atoms with van der Waals surface area (Å²) in [6, 6.07) is 8.40. The van der Waals surface area contributed by atoms with E-state index in [4.69, 9.17) is 11.6 Å². The Morgan fingerprint density at radius 1 is 1.23 bits per heavy atom. The Kier molecular flexibility index (Phi) is 4.10. The van der Waals surface area contributed by atoms with Gasteiger partial charge < -0.3 is 4.90 Å². The molecule has 0 bridgehead atoms. The van der Waals surface area contributed by atoms with E-state index in [2.05, 4.69) is 43.0 Å². The molecular formula is C11H16ClN. The van der Waals surface area contributed by atoms with E-state index in [1.54, 1.807) is 0 Å². The van der Waals surface area contributed by atoms with Crippen LogP contribution in [0.3, 0.4) is 0 Å². The van der Waals surface area contributed by atoms with Crippen LogP contribution in [0.5, 0.6) is 0 Å². The average molecular weight is 198 g/mol. The summed E-state index contributed by atoms with van der Waals surface area (Å²) in [6.07, 6.45) is 0. The molecule has 0 N–H and O–H groups in total. The third kappa shape index (κ3) is 2.63. The van der Waals surface area contributed by atoms with Crippen molar-refractivity contribution in [3.8, 4) is 0 Å². The maximum atomic E-state index is 5.77. The highest BCUT2D eigenvalue weighted by Gasteiger charge is 2.01. The summed E-state index contributed by atoms with van der Waals surface area (Å²) in [5, 5.41) is 0. The minimum atomic E-state index is 0.592. The van der Waals surface area contributed by atoms with Crippen molar-refractivity contribution in [1.29, 1.82) is 0 Å². The third-order valence-corrected chi connectivity index (χ3v) is 2.50. The number of alkyl halides is 1.